The van der Waals surface area contributed by atoms with Crippen molar-refractivity contribution >= 4 is 20.3 Å². The number of hydrogen-bond donors (Lipinski definition) is 1. The number of benzene rings is 1. The molecule has 2 heteroatoms. The molecule has 0 amide bonds. The Hall–Kier alpha value is -1.59. The summed E-state index contributed by atoms with van der Waals surface area (Å²) < 4.78 is 0. The molecule has 1 nitrogen and oxygen atoms in total. The molecule has 0 aliphatic rings. The van der Waals surface area contributed by atoms with Crippen LogP contribution in [0.4, 0.5) is 0 Å². The molecule has 0 saturated heterocycles. The largest absolute Gasteiger partial charge is 0.392 e. The highest BCUT2D eigenvalue weighted by molar-refractivity contribution is 7.66. The zero-order valence-corrected chi connectivity index (χ0v) is 16.1. The summed E-state index contributed by atoms with van der Waals surface area (Å²) in [6, 6.07) is 6.61. The van der Waals surface area contributed by atoms with Crippen molar-refractivity contribution in [2.45, 2.75) is 32.9 Å². The lowest BCUT2D eigenvalue weighted by atomic mass is 10.1. The van der Waals surface area contributed by atoms with Gasteiger partial charge < -0.3 is 5.32 Å². The maximum absolute atomic E-state index is 4.20. The third-order valence-corrected chi connectivity index (χ3v) is 6.41. The third-order valence-electron chi connectivity index (χ3n) is 4.21. The van der Waals surface area contributed by atoms with E-state index in [0.29, 0.717) is 5.66 Å². The Labute approximate surface area is 143 Å². The average molecular weight is 327 g/mol. The lowest BCUT2D eigenvalue weighted by Crippen LogP contribution is -2.23. The molecule has 1 N–H and O–H groups in total. The van der Waals surface area contributed by atoms with Crippen molar-refractivity contribution < 1.29 is 0 Å². The molecule has 0 aromatic heterocycles. The fourth-order valence-corrected chi connectivity index (χ4v) is 3.83. The van der Waals surface area contributed by atoms with E-state index < -0.39 is 0 Å². The summed E-state index contributed by atoms with van der Waals surface area (Å²) in [5, 5.41) is 5.53. The first-order valence-corrected chi connectivity index (χ1v) is 10.1. The SMILES string of the molecule is C=C/C(=C\C=C(/C)NC)C(C)P(C)/C=c1/ccc(CC)cc1=C. The first-order valence-electron chi connectivity index (χ1n) is 8.13. The van der Waals surface area contributed by atoms with Gasteiger partial charge in [-0.1, -0.05) is 71.1 Å². The van der Waals surface area contributed by atoms with Crippen LogP contribution < -0.4 is 15.8 Å². The Morgan fingerprint density at radius 3 is 2.57 bits per heavy atom. The smallest absolute Gasteiger partial charge is 0.00725 e. The van der Waals surface area contributed by atoms with E-state index in [2.05, 4.69) is 82.1 Å². The summed E-state index contributed by atoms with van der Waals surface area (Å²) >= 11 is 0. The molecule has 2 atom stereocenters. The van der Waals surface area contributed by atoms with Crippen LogP contribution in [0.3, 0.4) is 0 Å². The van der Waals surface area contributed by atoms with Crippen LogP contribution in [-0.4, -0.2) is 19.4 Å². The minimum Gasteiger partial charge on any atom is -0.392 e. The number of hydrogen-bond acceptors (Lipinski definition) is 1. The van der Waals surface area contributed by atoms with Crippen LogP contribution in [0.25, 0.3) is 12.4 Å². The van der Waals surface area contributed by atoms with Crippen molar-refractivity contribution in [3.8, 4) is 0 Å². The van der Waals surface area contributed by atoms with Crippen LogP contribution >= 0.6 is 7.92 Å². The van der Waals surface area contributed by atoms with Crippen LogP contribution in [0.15, 0.2) is 54.3 Å². The molecule has 2 unspecified atom stereocenters. The van der Waals surface area contributed by atoms with Crippen LogP contribution in [0.2, 0.25) is 0 Å². The summed E-state index contributed by atoms with van der Waals surface area (Å²) in [5.74, 6) is 2.38. The third kappa shape index (κ3) is 5.84. The lowest BCUT2D eigenvalue weighted by Gasteiger charge is -2.18. The number of aryl methyl sites for hydroxylation is 1. The van der Waals surface area contributed by atoms with E-state index in [-0.39, 0.29) is 7.92 Å². The number of nitrogens with one attached hydrogen (secondary N) is 1. The van der Waals surface area contributed by atoms with Gasteiger partial charge in [0.2, 0.25) is 0 Å². The normalized spacial score (nSPS) is 16.1. The van der Waals surface area contributed by atoms with Crippen molar-refractivity contribution in [2.24, 2.45) is 0 Å². The van der Waals surface area contributed by atoms with Crippen LogP contribution in [0, 0.1) is 0 Å². The quantitative estimate of drug-likeness (QED) is 0.586. The van der Waals surface area contributed by atoms with Gasteiger partial charge in [0, 0.05) is 18.4 Å². The Balaban J connectivity index is 3.08. The predicted molar refractivity (Wildman–Crippen MR) is 108 cm³/mol. The van der Waals surface area contributed by atoms with Gasteiger partial charge >= 0.3 is 0 Å². The molecule has 124 valence electrons. The molecule has 0 bridgehead atoms. The predicted octanol–water partition coefficient (Wildman–Crippen LogP) is 4.13. The second-order valence-electron chi connectivity index (χ2n) is 5.83. The molecular formula is C21H30NP. The van der Waals surface area contributed by atoms with Gasteiger partial charge in [0.25, 0.3) is 0 Å². The van der Waals surface area contributed by atoms with E-state index in [1.165, 1.54) is 16.4 Å². The Morgan fingerprint density at radius 2 is 2.04 bits per heavy atom. The van der Waals surface area contributed by atoms with Crippen molar-refractivity contribution in [2.75, 3.05) is 13.7 Å². The highest BCUT2D eigenvalue weighted by Crippen LogP contribution is 2.42. The van der Waals surface area contributed by atoms with Gasteiger partial charge in [-0.05, 0) is 47.7 Å². The van der Waals surface area contributed by atoms with Crippen LogP contribution in [0.5, 0.6) is 0 Å². The Bertz CT molecular complexity index is 697. The molecule has 0 fully saturated rings. The van der Waals surface area contributed by atoms with Gasteiger partial charge in [-0.25, -0.2) is 0 Å². The zero-order chi connectivity index (χ0) is 17.4. The number of allylic oxidation sites excluding steroid dienone is 5. The van der Waals surface area contributed by atoms with Gasteiger partial charge in [0.1, 0.15) is 0 Å². The Kier molecular flexibility index (Phi) is 8.06. The molecule has 0 heterocycles. The molecule has 0 aliphatic heterocycles. The molecule has 1 rings (SSSR count). The Morgan fingerprint density at radius 1 is 1.35 bits per heavy atom. The molecule has 0 spiro atoms. The molecule has 0 radical (unpaired) electrons. The maximum Gasteiger partial charge on any atom is 0.00725 e. The zero-order valence-electron chi connectivity index (χ0n) is 15.2. The summed E-state index contributed by atoms with van der Waals surface area (Å²) in [6.07, 6.45) is 7.31. The standard InChI is InChI=1S/C21H30NP/c1-8-19-11-13-21(16(3)14-19)15-23(7)18(5)20(9-2)12-10-17(4)22-6/h9-15,18,22H,2-3,8H2,1,4-7H3/b17-10+,20-12+,21-15-. The molecular weight excluding hydrogens is 297 g/mol. The summed E-state index contributed by atoms with van der Waals surface area (Å²) in [7, 11) is 1.65. The second kappa shape index (κ2) is 9.53. The second-order valence-corrected chi connectivity index (χ2v) is 8.19. The molecule has 0 saturated carbocycles. The van der Waals surface area contributed by atoms with E-state index in [0.717, 1.165) is 17.3 Å². The molecule has 1 aromatic carbocycles. The minimum atomic E-state index is -0.283. The van der Waals surface area contributed by atoms with Gasteiger partial charge in [-0.3, -0.25) is 0 Å². The van der Waals surface area contributed by atoms with E-state index in [4.69, 9.17) is 0 Å². The van der Waals surface area contributed by atoms with E-state index >= 15 is 0 Å². The highest BCUT2D eigenvalue weighted by Gasteiger charge is 2.11. The lowest BCUT2D eigenvalue weighted by molar-refractivity contribution is 0.989. The fourth-order valence-electron chi connectivity index (χ4n) is 2.25. The first kappa shape index (κ1) is 19.5. The average Bonchev–Trinajstić information content (AvgIpc) is 2.56. The number of rotatable bonds is 7. The van der Waals surface area contributed by atoms with Gasteiger partial charge in [-0.2, -0.15) is 0 Å². The summed E-state index contributed by atoms with van der Waals surface area (Å²) in [6.45, 7) is 17.0. The van der Waals surface area contributed by atoms with Crippen molar-refractivity contribution in [3.63, 3.8) is 0 Å². The van der Waals surface area contributed by atoms with Crippen molar-refractivity contribution in [1.82, 2.24) is 5.32 Å². The fraction of sp³-hybridized carbons (Fsp3) is 0.333. The van der Waals surface area contributed by atoms with E-state index in [1.54, 1.807) is 0 Å². The van der Waals surface area contributed by atoms with Crippen LogP contribution in [0.1, 0.15) is 26.3 Å². The van der Waals surface area contributed by atoms with Gasteiger partial charge in [0.05, 0.1) is 0 Å². The maximum atomic E-state index is 4.20. The monoisotopic (exact) mass is 327 g/mol. The van der Waals surface area contributed by atoms with E-state index in [1.807, 2.05) is 13.1 Å². The van der Waals surface area contributed by atoms with Crippen molar-refractivity contribution in [3.05, 3.63) is 70.3 Å². The summed E-state index contributed by atoms with van der Waals surface area (Å²) in [4.78, 5) is 0. The molecule has 23 heavy (non-hydrogen) atoms. The first-order chi connectivity index (χ1) is 10.9. The molecule has 0 aliphatic carbocycles. The molecule has 1 aromatic rings. The minimum absolute atomic E-state index is 0.283. The van der Waals surface area contributed by atoms with Gasteiger partial charge in [-0.15, -0.1) is 0 Å². The van der Waals surface area contributed by atoms with Crippen molar-refractivity contribution in [1.29, 1.82) is 0 Å². The topological polar surface area (TPSA) is 12.0 Å². The highest BCUT2D eigenvalue weighted by atomic mass is 31.1. The van der Waals surface area contributed by atoms with Gasteiger partial charge in [0.15, 0.2) is 0 Å². The summed E-state index contributed by atoms with van der Waals surface area (Å²) in [5.41, 5.74) is 4.24. The van der Waals surface area contributed by atoms with E-state index in [9.17, 15) is 0 Å². The van der Waals surface area contributed by atoms with Crippen LogP contribution in [-0.2, 0) is 6.42 Å².